The third kappa shape index (κ3) is 3.50. The van der Waals surface area contributed by atoms with Crippen LogP contribution in [-0.4, -0.2) is 11.8 Å². The van der Waals surface area contributed by atoms with Crippen LogP contribution in [0.1, 0.15) is 32.4 Å². The zero-order chi connectivity index (χ0) is 18.8. The Morgan fingerprint density at radius 3 is 2.56 bits per heavy atom. The molecule has 0 saturated heterocycles. The van der Waals surface area contributed by atoms with Gasteiger partial charge in [0.2, 0.25) is 0 Å². The first kappa shape index (κ1) is 17.1. The third-order valence-electron chi connectivity index (χ3n) is 4.34. The monoisotopic (exact) mass is 377 g/mol. The van der Waals surface area contributed by atoms with Gasteiger partial charge in [0.25, 0.3) is 11.8 Å². The van der Waals surface area contributed by atoms with Gasteiger partial charge in [-0.3, -0.25) is 9.59 Å². The highest BCUT2D eigenvalue weighted by Crippen LogP contribution is 2.27. The van der Waals surface area contributed by atoms with E-state index in [4.69, 9.17) is 11.6 Å². The molecule has 1 aliphatic heterocycles. The first-order valence-corrected chi connectivity index (χ1v) is 8.82. The molecule has 134 valence electrons. The first-order chi connectivity index (χ1) is 13.1. The Kier molecular flexibility index (Phi) is 4.52. The van der Waals surface area contributed by atoms with Gasteiger partial charge in [-0.25, -0.2) is 0 Å². The summed E-state index contributed by atoms with van der Waals surface area (Å²) < 4.78 is 0. The molecular weight excluding hydrogens is 362 g/mol. The fraction of sp³-hybridized carbons (Fsp3) is 0.0476. The average molecular weight is 378 g/mol. The van der Waals surface area contributed by atoms with Crippen molar-refractivity contribution in [1.82, 2.24) is 5.32 Å². The van der Waals surface area contributed by atoms with Crippen LogP contribution in [0, 0.1) is 0 Å². The topological polar surface area (TPSA) is 70.2 Å². The SMILES string of the molecule is O=C(Nc1cccc([C@H]2NC(=O)c3ccccc3N2)c1)c1ccccc1Cl. The van der Waals surface area contributed by atoms with Gasteiger partial charge in [0.15, 0.2) is 0 Å². The standard InChI is InChI=1S/C21H16ClN3O2/c22-17-10-3-1-8-15(17)20(26)23-14-7-5-6-13(12-14)19-24-18-11-4-2-9-16(18)21(27)25-19/h1-12,19,24H,(H,23,26)(H,25,27)/t19-/m1/s1. The van der Waals surface area contributed by atoms with Crippen LogP contribution in [0.15, 0.2) is 72.8 Å². The van der Waals surface area contributed by atoms with Crippen molar-refractivity contribution in [2.45, 2.75) is 6.17 Å². The molecule has 0 spiro atoms. The highest BCUT2D eigenvalue weighted by molar-refractivity contribution is 6.34. The Morgan fingerprint density at radius 2 is 1.70 bits per heavy atom. The number of carbonyl (C=O) groups is 2. The Bertz CT molecular complexity index is 1040. The molecule has 0 unspecified atom stereocenters. The fourth-order valence-corrected chi connectivity index (χ4v) is 3.24. The van der Waals surface area contributed by atoms with E-state index in [1.165, 1.54) is 0 Å². The number of amides is 2. The molecule has 27 heavy (non-hydrogen) atoms. The molecular formula is C21H16ClN3O2. The van der Waals surface area contributed by atoms with Crippen molar-refractivity contribution in [2.24, 2.45) is 0 Å². The second kappa shape index (κ2) is 7.13. The van der Waals surface area contributed by atoms with Gasteiger partial charge in [-0.05, 0) is 42.0 Å². The van der Waals surface area contributed by atoms with Gasteiger partial charge in [-0.15, -0.1) is 0 Å². The van der Waals surface area contributed by atoms with Crippen molar-refractivity contribution in [1.29, 1.82) is 0 Å². The Balaban J connectivity index is 1.56. The second-order valence-corrected chi connectivity index (χ2v) is 6.56. The smallest absolute Gasteiger partial charge is 0.257 e. The lowest BCUT2D eigenvalue weighted by Gasteiger charge is -2.28. The number of carbonyl (C=O) groups excluding carboxylic acids is 2. The van der Waals surface area contributed by atoms with Gasteiger partial charge in [-0.1, -0.05) is 48.0 Å². The summed E-state index contributed by atoms with van der Waals surface area (Å²) >= 11 is 6.08. The second-order valence-electron chi connectivity index (χ2n) is 6.16. The van der Waals surface area contributed by atoms with E-state index >= 15 is 0 Å². The zero-order valence-corrected chi connectivity index (χ0v) is 15.0. The third-order valence-corrected chi connectivity index (χ3v) is 4.67. The predicted octanol–water partition coefficient (Wildman–Crippen LogP) is 4.45. The van der Waals surface area contributed by atoms with Crippen LogP contribution in [-0.2, 0) is 0 Å². The van der Waals surface area contributed by atoms with E-state index in [2.05, 4.69) is 16.0 Å². The van der Waals surface area contributed by atoms with Gasteiger partial charge in [0.05, 0.1) is 16.1 Å². The molecule has 1 aliphatic rings. The van der Waals surface area contributed by atoms with Crippen LogP contribution >= 0.6 is 11.6 Å². The number of halogens is 1. The van der Waals surface area contributed by atoms with Gasteiger partial charge in [0, 0.05) is 11.4 Å². The molecule has 0 aliphatic carbocycles. The highest BCUT2D eigenvalue weighted by atomic mass is 35.5. The van der Waals surface area contributed by atoms with Gasteiger partial charge < -0.3 is 16.0 Å². The van der Waals surface area contributed by atoms with Crippen molar-refractivity contribution in [3.63, 3.8) is 0 Å². The molecule has 5 nitrogen and oxygen atoms in total. The number of benzene rings is 3. The van der Waals surface area contributed by atoms with Crippen molar-refractivity contribution < 1.29 is 9.59 Å². The van der Waals surface area contributed by atoms with Crippen LogP contribution in [0.4, 0.5) is 11.4 Å². The van der Waals surface area contributed by atoms with Crippen LogP contribution in [0.3, 0.4) is 0 Å². The molecule has 3 N–H and O–H groups in total. The van der Waals surface area contributed by atoms with E-state index in [0.29, 0.717) is 21.8 Å². The summed E-state index contributed by atoms with van der Waals surface area (Å²) in [5, 5.41) is 9.46. The van der Waals surface area contributed by atoms with Crippen LogP contribution in [0.25, 0.3) is 0 Å². The van der Waals surface area contributed by atoms with Crippen molar-refractivity contribution in [3.8, 4) is 0 Å². The number of fused-ring (bicyclic) bond motifs is 1. The summed E-state index contributed by atoms with van der Waals surface area (Å²) in [6.07, 6.45) is -0.385. The lowest BCUT2D eigenvalue weighted by Crippen LogP contribution is -2.38. The van der Waals surface area contributed by atoms with Crippen LogP contribution in [0.5, 0.6) is 0 Å². The molecule has 0 fully saturated rings. The normalized spacial score (nSPS) is 15.3. The molecule has 0 saturated carbocycles. The summed E-state index contributed by atoms with van der Waals surface area (Å²) in [4.78, 5) is 24.8. The summed E-state index contributed by atoms with van der Waals surface area (Å²) in [6.45, 7) is 0. The molecule has 0 radical (unpaired) electrons. The number of hydrogen-bond donors (Lipinski definition) is 3. The number of hydrogen-bond acceptors (Lipinski definition) is 3. The van der Waals surface area contributed by atoms with E-state index in [-0.39, 0.29) is 18.0 Å². The molecule has 2 amide bonds. The van der Waals surface area contributed by atoms with Gasteiger partial charge in [-0.2, -0.15) is 0 Å². The minimum Gasteiger partial charge on any atom is -0.361 e. The summed E-state index contributed by atoms with van der Waals surface area (Å²) in [7, 11) is 0. The van der Waals surface area contributed by atoms with Crippen LogP contribution < -0.4 is 16.0 Å². The number of nitrogens with one attached hydrogen (secondary N) is 3. The lowest BCUT2D eigenvalue weighted by atomic mass is 10.1. The summed E-state index contributed by atoms with van der Waals surface area (Å²) in [6, 6.07) is 21.5. The van der Waals surface area contributed by atoms with Gasteiger partial charge in [0.1, 0.15) is 6.17 Å². The Hall–Kier alpha value is -3.31. The zero-order valence-electron chi connectivity index (χ0n) is 14.2. The van der Waals surface area contributed by atoms with E-state index in [1.807, 2.05) is 36.4 Å². The summed E-state index contributed by atoms with van der Waals surface area (Å²) in [5.74, 6) is -0.427. The maximum atomic E-state index is 12.5. The van der Waals surface area contributed by atoms with Crippen molar-refractivity contribution in [3.05, 3.63) is 94.5 Å². The van der Waals surface area contributed by atoms with E-state index in [0.717, 1.165) is 11.3 Å². The number of rotatable bonds is 3. The quantitative estimate of drug-likeness (QED) is 0.631. The molecule has 4 rings (SSSR count). The lowest BCUT2D eigenvalue weighted by molar-refractivity contribution is 0.0934. The predicted molar refractivity (Wildman–Crippen MR) is 106 cm³/mol. The fourth-order valence-electron chi connectivity index (χ4n) is 3.01. The minimum atomic E-state index is -0.385. The summed E-state index contributed by atoms with van der Waals surface area (Å²) in [5.41, 5.74) is 3.23. The minimum absolute atomic E-state index is 0.139. The average Bonchev–Trinajstić information content (AvgIpc) is 2.68. The molecule has 6 heteroatoms. The van der Waals surface area contributed by atoms with E-state index < -0.39 is 0 Å². The number of para-hydroxylation sites is 1. The molecule has 3 aromatic carbocycles. The van der Waals surface area contributed by atoms with Crippen molar-refractivity contribution in [2.75, 3.05) is 10.6 Å². The Morgan fingerprint density at radius 1 is 0.926 bits per heavy atom. The van der Waals surface area contributed by atoms with E-state index in [1.54, 1.807) is 36.4 Å². The van der Waals surface area contributed by atoms with E-state index in [9.17, 15) is 9.59 Å². The molecule has 0 aromatic heterocycles. The molecule has 1 atom stereocenters. The van der Waals surface area contributed by atoms with Gasteiger partial charge >= 0.3 is 0 Å². The first-order valence-electron chi connectivity index (χ1n) is 8.44. The largest absolute Gasteiger partial charge is 0.361 e. The molecule has 0 bridgehead atoms. The molecule has 3 aromatic rings. The maximum Gasteiger partial charge on any atom is 0.257 e. The van der Waals surface area contributed by atoms with Crippen molar-refractivity contribution >= 4 is 34.8 Å². The van der Waals surface area contributed by atoms with Crippen LogP contribution in [0.2, 0.25) is 5.02 Å². The maximum absolute atomic E-state index is 12.5. The Labute approximate surface area is 161 Å². The highest BCUT2D eigenvalue weighted by Gasteiger charge is 2.24. The number of anilines is 2. The molecule has 1 heterocycles.